The van der Waals surface area contributed by atoms with Gasteiger partial charge in [0.15, 0.2) is 24.6 Å². The lowest BCUT2D eigenvalue weighted by molar-refractivity contribution is -0.288. The van der Waals surface area contributed by atoms with Crippen LogP contribution in [0.15, 0.2) is 0 Å². The van der Waals surface area contributed by atoms with Crippen LogP contribution in [0.3, 0.4) is 0 Å². The van der Waals surface area contributed by atoms with E-state index in [0.717, 1.165) is 13.8 Å². The molecule has 0 aromatic rings. The molecule has 1 aliphatic rings. The summed E-state index contributed by atoms with van der Waals surface area (Å²) in [5.74, 6) is -1.80. The molecule has 1 aliphatic heterocycles. The van der Waals surface area contributed by atoms with Crippen LogP contribution in [0.2, 0.25) is 0 Å². The highest BCUT2D eigenvalue weighted by Crippen LogP contribution is 2.28. The number of esters is 2. The number of aliphatic hydroxyl groups is 2. The van der Waals surface area contributed by atoms with Gasteiger partial charge in [-0.05, 0) is 0 Å². The van der Waals surface area contributed by atoms with Crippen molar-refractivity contribution in [2.75, 3.05) is 6.61 Å². The second-order valence-corrected chi connectivity index (χ2v) is 5.43. The molecule has 0 radical (unpaired) electrons. The number of ether oxygens (including phenoxy) is 3. The first-order valence-electron chi connectivity index (χ1n) is 5.99. The highest BCUT2D eigenvalue weighted by Gasteiger charge is 2.51. The molecule has 0 saturated carbocycles. The SMILES string of the molecule is CC(=O)O[C@@H]1[C@@H](OS(=O)(=O)O)[C@H](OC(C)=O)[C@@H](CO)O[C@H]1O. The largest absolute Gasteiger partial charge is 0.457 e. The van der Waals surface area contributed by atoms with E-state index in [9.17, 15) is 28.2 Å². The molecule has 0 unspecified atom stereocenters. The summed E-state index contributed by atoms with van der Waals surface area (Å²) >= 11 is 0. The van der Waals surface area contributed by atoms with Crippen LogP contribution in [-0.4, -0.2) is 72.4 Å². The van der Waals surface area contributed by atoms with Crippen molar-refractivity contribution in [1.29, 1.82) is 0 Å². The maximum atomic E-state index is 11.1. The Kier molecular flexibility index (Phi) is 6.22. The molecular weight excluding hydrogens is 328 g/mol. The van der Waals surface area contributed by atoms with Crippen molar-refractivity contribution >= 4 is 22.3 Å². The molecule has 1 fully saturated rings. The summed E-state index contributed by atoms with van der Waals surface area (Å²) in [7, 11) is -5.05. The second kappa shape index (κ2) is 7.30. The third kappa shape index (κ3) is 5.15. The first kappa shape index (κ1) is 18.7. The normalized spacial score (nSPS) is 32.3. The van der Waals surface area contributed by atoms with Crippen molar-refractivity contribution in [3.63, 3.8) is 0 Å². The van der Waals surface area contributed by atoms with E-state index in [1.54, 1.807) is 0 Å². The van der Waals surface area contributed by atoms with Gasteiger partial charge in [-0.2, -0.15) is 8.42 Å². The molecular formula is C10H16O11S. The van der Waals surface area contributed by atoms with Gasteiger partial charge in [-0.25, -0.2) is 4.18 Å². The molecule has 1 saturated heterocycles. The summed E-state index contributed by atoms with van der Waals surface area (Å²) in [4.78, 5) is 22.1. The molecule has 11 nitrogen and oxygen atoms in total. The molecule has 0 bridgehead atoms. The molecule has 128 valence electrons. The summed E-state index contributed by atoms with van der Waals surface area (Å²) in [5.41, 5.74) is 0. The minimum Gasteiger partial charge on any atom is -0.457 e. The van der Waals surface area contributed by atoms with Crippen LogP contribution >= 0.6 is 0 Å². The maximum absolute atomic E-state index is 11.1. The van der Waals surface area contributed by atoms with Crippen LogP contribution < -0.4 is 0 Å². The first-order valence-corrected chi connectivity index (χ1v) is 7.36. The zero-order valence-electron chi connectivity index (χ0n) is 11.6. The summed E-state index contributed by atoms with van der Waals surface area (Å²) in [6, 6.07) is 0. The van der Waals surface area contributed by atoms with Crippen LogP contribution in [0, 0.1) is 0 Å². The zero-order valence-corrected chi connectivity index (χ0v) is 12.4. The minimum absolute atomic E-state index is 0.771. The Morgan fingerprint density at radius 3 is 2.00 bits per heavy atom. The van der Waals surface area contributed by atoms with Gasteiger partial charge in [0.2, 0.25) is 0 Å². The molecule has 22 heavy (non-hydrogen) atoms. The smallest absolute Gasteiger partial charge is 0.397 e. The van der Waals surface area contributed by atoms with Crippen LogP contribution in [-0.2, 0) is 38.4 Å². The van der Waals surface area contributed by atoms with Crippen LogP contribution in [0.25, 0.3) is 0 Å². The number of carbonyl (C=O) groups excluding carboxylic acids is 2. The second-order valence-electron chi connectivity index (χ2n) is 4.38. The minimum atomic E-state index is -5.05. The van der Waals surface area contributed by atoms with E-state index in [-0.39, 0.29) is 0 Å². The quantitative estimate of drug-likeness (QED) is 0.364. The number of rotatable bonds is 5. The summed E-state index contributed by atoms with van der Waals surface area (Å²) in [5, 5.41) is 18.9. The first-order chi connectivity index (χ1) is 10.0. The van der Waals surface area contributed by atoms with Gasteiger partial charge in [0.05, 0.1) is 6.61 Å². The summed E-state index contributed by atoms with van der Waals surface area (Å²) in [6.45, 7) is 1.19. The highest BCUT2D eigenvalue weighted by atomic mass is 32.3. The Hall–Kier alpha value is -1.31. The van der Waals surface area contributed by atoms with Crippen LogP contribution in [0.1, 0.15) is 13.8 Å². The molecule has 0 amide bonds. The monoisotopic (exact) mass is 344 g/mol. The lowest BCUT2D eigenvalue weighted by atomic mass is 9.99. The van der Waals surface area contributed by atoms with E-state index < -0.39 is 59.7 Å². The molecule has 0 aliphatic carbocycles. The molecule has 3 N–H and O–H groups in total. The predicted octanol–water partition coefficient (Wildman–Crippen LogP) is -2.25. The average Bonchev–Trinajstić information content (AvgIpc) is 2.34. The van der Waals surface area contributed by atoms with Crippen molar-refractivity contribution < 1.29 is 51.2 Å². The van der Waals surface area contributed by atoms with Crippen molar-refractivity contribution in [3.8, 4) is 0 Å². The number of aliphatic hydroxyl groups excluding tert-OH is 2. The predicted molar refractivity (Wildman–Crippen MR) is 65.5 cm³/mol. The molecule has 0 aromatic heterocycles. The van der Waals surface area contributed by atoms with Gasteiger partial charge in [-0.15, -0.1) is 0 Å². The number of hydrogen-bond acceptors (Lipinski definition) is 10. The fourth-order valence-corrected chi connectivity index (χ4v) is 2.44. The maximum Gasteiger partial charge on any atom is 0.397 e. The Morgan fingerprint density at radius 2 is 1.59 bits per heavy atom. The van der Waals surface area contributed by atoms with Gasteiger partial charge >= 0.3 is 22.3 Å². The Bertz CT molecular complexity index is 515. The molecule has 12 heteroatoms. The fraction of sp³-hybridized carbons (Fsp3) is 0.800. The number of hydrogen-bond donors (Lipinski definition) is 3. The summed E-state index contributed by atoms with van der Waals surface area (Å²) in [6.07, 6.45) is -8.33. The Morgan fingerprint density at radius 1 is 1.09 bits per heavy atom. The van der Waals surface area contributed by atoms with E-state index in [2.05, 4.69) is 8.92 Å². The van der Waals surface area contributed by atoms with Gasteiger partial charge in [-0.1, -0.05) is 0 Å². The third-order valence-electron chi connectivity index (χ3n) is 2.63. The molecule has 0 aromatic carbocycles. The molecule has 0 spiro atoms. The van der Waals surface area contributed by atoms with E-state index >= 15 is 0 Å². The Balaban J connectivity index is 3.18. The van der Waals surface area contributed by atoms with Crippen molar-refractivity contribution in [3.05, 3.63) is 0 Å². The van der Waals surface area contributed by atoms with Crippen molar-refractivity contribution in [2.24, 2.45) is 0 Å². The van der Waals surface area contributed by atoms with Gasteiger partial charge < -0.3 is 24.4 Å². The van der Waals surface area contributed by atoms with E-state index in [1.165, 1.54) is 0 Å². The standard InChI is InChI=1S/C10H16O11S/c1-4(12)18-7-6(3-11)20-10(14)9(19-5(2)13)8(7)21-22(15,16)17/h6-11,14H,3H2,1-2H3,(H,15,16,17)/t6-,7-,8+,9-,10-/m1/s1. The zero-order chi connectivity index (χ0) is 17.1. The third-order valence-corrected chi connectivity index (χ3v) is 3.09. The lowest BCUT2D eigenvalue weighted by Crippen LogP contribution is -2.62. The van der Waals surface area contributed by atoms with E-state index in [0.29, 0.717) is 0 Å². The highest BCUT2D eigenvalue weighted by molar-refractivity contribution is 7.80. The van der Waals surface area contributed by atoms with Gasteiger partial charge in [-0.3, -0.25) is 14.1 Å². The fourth-order valence-electron chi connectivity index (χ4n) is 1.94. The lowest BCUT2D eigenvalue weighted by Gasteiger charge is -2.41. The number of carbonyl (C=O) groups is 2. The van der Waals surface area contributed by atoms with Gasteiger partial charge in [0.1, 0.15) is 6.10 Å². The van der Waals surface area contributed by atoms with Crippen molar-refractivity contribution in [1.82, 2.24) is 0 Å². The van der Waals surface area contributed by atoms with Crippen molar-refractivity contribution in [2.45, 2.75) is 44.6 Å². The molecule has 5 atom stereocenters. The summed E-state index contributed by atoms with van der Waals surface area (Å²) < 4.78 is 49.4. The van der Waals surface area contributed by atoms with Crippen LogP contribution in [0.5, 0.6) is 0 Å². The molecule has 1 rings (SSSR count). The average molecular weight is 344 g/mol. The van der Waals surface area contributed by atoms with E-state index in [1.807, 2.05) is 0 Å². The van der Waals surface area contributed by atoms with E-state index in [4.69, 9.17) is 14.0 Å². The van der Waals surface area contributed by atoms with Gasteiger partial charge in [0, 0.05) is 13.8 Å². The van der Waals surface area contributed by atoms with Crippen LogP contribution in [0.4, 0.5) is 0 Å². The topological polar surface area (TPSA) is 166 Å². The van der Waals surface area contributed by atoms with Gasteiger partial charge in [0.25, 0.3) is 0 Å². The molecule has 1 heterocycles. The Labute approximate surface area is 125 Å².